The minimum atomic E-state index is 0.450. The highest BCUT2D eigenvalue weighted by atomic mass is 35.5. The van der Waals surface area contributed by atoms with Gasteiger partial charge in [0.15, 0.2) is 5.82 Å². The third kappa shape index (κ3) is 3.27. The van der Waals surface area contributed by atoms with Crippen LogP contribution in [-0.4, -0.2) is 31.7 Å². The molecule has 1 aliphatic carbocycles. The molecule has 1 fully saturated rings. The molecular weight excluding hydrogens is 390 g/mol. The number of nitrogens with zero attached hydrogens (tertiary/aromatic N) is 5. The smallest absolute Gasteiger partial charge is 0.151 e. The van der Waals surface area contributed by atoms with E-state index in [0.29, 0.717) is 11.8 Å². The molecular formula is C21H24ClN5S. The van der Waals surface area contributed by atoms with Crippen LogP contribution >= 0.6 is 22.9 Å². The van der Waals surface area contributed by atoms with Crippen molar-refractivity contribution in [2.75, 3.05) is 7.05 Å². The molecule has 7 heteroatoms. The Hall–Kier alpha value is -1.76. The van der Waals surface area contributed by atoms with E-state index in [1.807, 2.05) is 17.4 Å². The molecule has 1 saturated carbocycles. The maximum atomic E-state index is 6.28. The van der Waals surface area contributed by atoms with E-state index in [1.165, 1.54) is 29.1 Å². The third-order valence-electron chi connectivity index (χ3n) is 5.97. The van der Waals surface area contributed by atoms with Gasteiger partial charge in [0.1, 0.15) is 5.82 Å². The van der Waals surface area contributed by atoms with Gasteiger partial charge in [0.2, 0.25) is 0 Å². The molecule has 0 spiro atoms. The predicted molar refractivity (Wildman–Crippen MR) is 112 cm³/mol. The molecule has 0 unspecified atom stereocenters. The van der Waals surface area contributed by atoms with Crippen LogP contribution in [0.15, 0.2) is 23.6 Å². The molecule has 0 N–H and O–H groups in total. The average molecular weight is 414 g/mol. The van der Waals surface area contributed by atoms with Crippen molar-refractivity contribution in [2.45, 2.75) is 57.5 Å². The van der Waals surface area contributed by atoms with E-state index < -0.39 is 0 Å². The van der Waals surface area contributed by atoms with E-state index in [1.54, 1.807) is 0 Å². The number of fused-ring (bicyclic) bond motifs is 3. The summed E-state index contributed by atoms with van der Waals surface area (Å²) in [4.78, 5) is 6.99. The number of hydrogen-bond acceptors (Lipinski definition) is 5. The largest absolute Gasteiger partial charge is 0.295 e. The Morgan fingerprint density at radius 1 is 1.07 bits per heavy atom. The first-order chi connectivity index (χ1) is 13.6. The summed E-state index contributed by atoms with van der Waals surface area (Å²) in [6, 6.07) is 6.17. The van der Waals surface area contributed by atoms with E-state index in [0.717, 1.165) is 48.3 Å². The number of thiazole rings is 1. The minimum absolute atomic E-state index is 0.450. The Balaban J connectivity index is 1.45. The van der Waals surface area contributed by atoms with Crippen molar-refractivity contribution < 1.29 is 0 Å². The lowest BCUT2D eigenvalue weighted by Crippen LogP contribution is -2.17. The number of hydrogen-bond donors (Lipinski definition) is 0. The molecule has 1 aliphatic heterocycles. The number of aromatic nitrogens is 4. The molecule has 0 radical (unpaired) electrons. The van der Waals surface area contributed by atoms with E-state index in [9.17, 15) is 0 Å². The molecule has 146 valence electrons. The van der Waals surface area contributed by atoms with Gasteiger partial charge in [0.05, 0.1) is 17.2 Å². The van der Waals surface area contributed by atoms with E-state index in [2.05, 4.69) is 51.1 Å². The molecule has 0 saturated heterocycles. The molecule has 28 heavy (non-hydrogen) atoms. The SMILES string of the molecule is Cc1csc(C2CCC(c3nnc4n3-c3ccc(Cl)cc3CN(C)C4)CC2)n1. The van der Waals surface area contributed by atoms with Crippen LogP contribution in [0.25, 0.3) is 5.69 Å². The second kappa shape index (κ2) is 7.25. The maximum Gasteiger partial charge on any atom is 0.151 e. The summed E-state index contributed by atoms with van der Waals surface area (Å²) in [5.74, 6) is 3.18. The molecule has 0 bridgehead atoms. The van der Waals surface area contributed by atoms with Crippen molar-refractivity contribution >= 4 is 22.9 Å². The fourth-order valence-electron chi connectivity index (χ4n) is 4.60. The third-order valence-corrected chi connectivity index (χ3v) is 7.33. The highest BCUT2D eigenvalue weighted by Crippen LogP contribution is 2.42. The Morgan fingerprint density at radius 3 is 2.61 bits per heavy atom. The number of aryl methyl sites for hydroxylation is 1. The van der Waals surface area contributed by atoms with Crippen LogP contribution in [0.2, 0.25) is 5.02 Å². The summed E-state index contributed by atoms with van der Waals surface area (Å²) < 4.78 is 2.30. The summed E-state index contributed by atoms with van der Waals surface area (Å²) in [6.07, 6.45) is 4.63. The molecule has 2 aromatic heterocycles. The van der Waals surface area contributed by atoms with Gasteiger partial charge in [-0.3, -0.25) is 9.47 Å². The summed E-state index contributed by atoms with van der Waals surface area (Å²) in [6.45, 7) is 3.75. The van der Waals surface area contributed by atoms with Crippen molar-refractivity contribution in [2.24, 2.45) is 0 Å². The topological polar surface area (TPSA) is 46.8 Å². The van der Waals surface area contributed by atoms with Crippen molar-refractivity contribution in [3.63, 3.8) is 0 Å². The summed E-state index contributed by atoms with van der Waals surface area (Å²) in [5.41, 5.74) is 3.56. The van der Waals surface area contributed by atoms with Gasteiger partial charge in [-0.1, -0.05) is 11.6 Å². The van der Waals surface area contributed by atoms with Crippen LogP contribution in [0, 0.1) is 6.92 Å². The second-order valence-corrected chi connectivity index (χ2v) is 9.46. The summed E-state index contributed by atoms with van der Waals surface area (Å²) in [5, 5.41) is 13.5. The highest BCUT2D eigenvalue weighted by Gasteiger charge is 2.31. The van der Waals surface area contributed by atoms with Crippen molar-refractivity contribution in [3.8, 4) is 5.69 Å². The van der Waals surface area contributed by atoms with Gasteiger partial charge in [-0.2, -0.15) is 0 Å². The fraction of sp³-hybridized carbons (Fsp3) is 0.476. The van der Waals surface area contributed by atoms with Crippen molar-refractivity contribution in [3.05, 3.63) is 56.5 Å². The standard InChI is InChI=1S/C21H24ClN5S/c1-13-12-28-21(23-13)15-5-3-14(4-6-15)20-25-24-19-11-26(2)10-16-9-17(22)7-8-18(16)27(19)20/h7-9,12,14-15H,3-6,10-11H2,1-2H3. The Morgan fingerprint density at radius 2 is 1.86 bits per heavy atom. The fourth-order valence-corrected chi connectivity index (χ4v) is 5.77. The number of benzene rings is 1. The van der Waals surface area contributed by atoms with Crippen LogP contribution < -0.4 is 0 Å². The number of rotatable bonds is 2. The van der Waals surface area contributed by atoms with Crippen LogP contribution in [-0.2, 0) is 13.1 Å². The molecule has 5 rings (SSSR count). The van der Waals surface area contributed by atoms with Crippen LogP contribution in [0.3, 0.4) is 0 Å². The first-order valence-electron chi connectivity index (χ1n) is 9.92. The lowest BCUT2D eigenvalue weighted by atomic mass is 9.82. The normalized spacial score (nSPS) is 22.5. The number of halogens is 1. The lowest BCUT2D eigenvalue weighted by molar-refractivity contribution is 0.315. The van der Waals surface area contributed by atoms with E-state index in [-0.39, 0.29) is 0 Å². The van der Waals surface area contributed by atoms with Crippen LogP contribution in [0.5, 0.6) is 0 Å². The maximum absolute atomic E-state index is 6.28. The van der Waals surface area contributed by atoms with Gasteiger partial charge in [0.25, 0.3) is 0 Å². The second-order valence-electron chi connectivity index (χ2n) is 8.13. The summed E-state index contributed by atoms with van der Waals surface area (Å²) in [7, 11) is 2.12. The van der Waals surface area contributed by atoms with Gasteiger partial charge in [-0.15, -0.1) is 21.5 Å². The molecule has 0 amide bonds. The zero-order chi connectivity index (χ0) is 19.3. The quantitative estimate of drug-likeness (QED) is 0.588. The van der Waals surface area contributed by atoms with Gasteiger partial charge in [-0.05, 0) is 63.4 Å². The first kappa shape index (κ1) is 18.3. The van der Waals surface area contributed by atoms with Crippen LogP contribution in [0.4, 0.5) is 0 Å². The van der Waals surface area contributed by atoms with Gasteiger partial charge in [0, 0.05) is 34.5 Å². The molecule has 1 aromatic carbocycles. The minimum Gasteiger partial charge on any atom is -0.295 e. The Labute approximate surface area is 174 Å². The molecule has 2 aliphatic rings. The van der Waals surface area contributed by atoms with Gasteiger partial charge >= 0.3 is 0 Å². The van der Waals surface area contributed by atoms with Crippen molar-refractivity contribution in [1.82, 2.24) is 24.6 Å². The van der Waals surface area contributed by atoms with Gasteiger partial charge in [-0.25, -0.2) is 4.98 Å². The zero-order valence-electron chi connectivity index (χ0n) is 16.2. The average Bonchev–Trinajstić information content (AvgIpc) is 3.25. The van der Waals surface area contributed by atoms with Gasteiger partial charge < -0.3 is 0 Å². The molecule has 3 aromatic rings. The van der Waals surface area contributed by atoms with Crippen LogP contribution in [0.1, 0.15) is 65.4 Å². The predicted octanol–water partition coefficient (Wildman–Crippen LogP) is 5.07. The first-order valence-corrected chi connectivity index (χ1v) is 11.2. The molecule has 3 heterocycles. The molecule has 0 atom stereocenters. The highest BCUT2D eigenvalue weighted by molar-refractivity contribution is 7.09. The van der Waals surface area contributed by atoms with Crippen molar-refractivity contribution in [1.29, 1.82) is 0 Å². The Kier molecular flexibility index (Phi) is 4.73. The van der Waals surface area contributed by atoms with E-state index >= 15 is 0 Å². The summed E-state index contributed by atoms with van der Waals surface area (Å²) >= 11 is 8.09. The Bertz CT molecular complexity index is 1000. The monoisotopic (exact) mass is 413 g/mol. The molecule has 5 nitrogen and oxygen atoms in total. The zero-order valence-corrected chi connectivity index (χ0v) is 17.8. The van der Waals surface area contributed by atoms with E-state index in [4.69, 9.17) is 16.6 Å². The lowest BCUT2D eigenvalue weighted by Gasteiger charge is -2.27.